The van der Waals surface area contributed by atoms with E-state index in [1.807, 2.05) is 48.7 Å². The third kappa shape index (κ3) is 5.27. The zero-order chi connectivity index (χ0) is 19.2. The summed E-state index contributed by atoms with van der Waals surface area (Å²) in [5, 5.41) is 0. The summed E-state index contributed by atoms with van der Waals surface area (Å²) >= 11 is 2.93. The molecular weight excluding hydrogens is 374 g/mol. The number of benzene rings is 2. The summed E-state index contributed by atoms with van der Waals surface area (Å²) in [7, 11) is 0. The van der Waals surface area contributed by atoms with Crippen LogP contribution in [-0.2, 0) is 11.4 Å². The number of thioether (sulfide) groups is 2. The average molecular weight is 398 g/mol. The Hall–Kier alpha value is -1.98. The molecule has 3 nitrogen and oxygen atoms in total. The van der Waals surface area contributed by atoms with Crippen LogP contribution in [0.2, 0.25) is 0 Å². The predicted molar refractivity (Wildman–Crippen MR) is 117 cm³/mol. The van der Waals surface area contributed by atoms with Crippen molar-refractivity contribution in [1.29, 1.82) is 0 Å². The molecular formula is C22H23NO2S2. The lowest BCUT2D eigenvalue weighted by Gasteiger charge is -2.11. The second kappa shape index (κ2) is 9.29. The van der Waals surface area contributed by atoms with Crippen molar-refractivity contribution >= 4 is 39.9 Å². The van der Waals surface area contributed by atoms with Crippen molar-refractivity contribution in [1.82, 2.24) is 0 Å². The van der Waals surface area contributed by atoms with E-state index in [-0.39, 0.29) is 5.91 Å². The molecule has 0 aromatic heterocycles. The highest BCUT2D eigenvalue weighted by Crippen LogP contribution is 2.32. The first-order valence-corrected chi connectivity index (χ1v) is 11.0. The van der Waals surface area contributed by atoms with Gasteiger partial charge in [0.25, 0.3) is 5.91 Å². The largest absolute Gasteiger partial charge is 0.489 e. The van der Waals surface area contributed by atoms with E-state index in [0.29, 0.717) is 17.4 Å². The van der Waals surface area contributed by atoms with Gasteiger partial charge in [-0.25, -0.2) is 0 Å². The van der Waals surface area contributed by atoms with Gasteiger partial charge in [-0.05, 0) is 53.5 Å². The van der Waals surface area contributed by atoms with Crippen molar-refractivity contribution in [3.05, 3.63) is 70.1 Å². The third-order valence-corrected chi connectivity index (χ3v) is 6.49. The third-order valence-electron chi connectivity index (χ3n) is 4.52. The number of hydrogen-bond donors (Lipinski definition) is 0. The minimum absolute atomic E-state index is 0.155. The van der Waals surface area contributed by atoms with Gasteiger partial charge in [0, 0.05) is 0 Å². The number of nitrogens with zero attached hydrogens (tertiary/aromatic N) is 1. The molecule has 1 heterocycles. The van der Waals surface area contributed by atoms with Crippen LogP contribution in [0.5, 0.6) is 5.75 Å². The minimum atomic E-state index is -0.155. The highest BCUT2D eigenvalue weighted by atomic mass is 32.2. The average Bonchev–Trinajstić information content (AvgIpc) is 3.07. The molecule has 0 saturated carbocycles. The summed E-state index contributed by atoms with van der Waals surface area (Å²) in [6, 6.07) is 16.4. The molecule has 2 aromatic carbocycles. The summed E-state index contributed by atoms with van der Waals surface area (Å²) in [5.74, 6) is 1.29. The van der Waals surface area contributed by atoms with Crippen molar-refractivity contribution in [2.24, 2.45) is 4.99 Å². The van der Waals surface area contributed by atoms with Gasteiger partial charge in [-0.3, -0.25) is 4.79 Å². The molecule has 1 aliphatic heterocycles. The monoisotopic (exact) mass is 397 g/mol. The smallest absolute Gasteiger partial charge is 0.285 e. The van der Waals surface area contributed by atoms with Crippen molar-refractivity contribution in [2.45, 2.75) is 32.8 Å². The van der Waals surface area contributed by atoms with Gasteiger partial charge >= 0.3 is 0 Å². The molecule has 2 aromatic rings. The molecule has 0 aliphatic carbocycles. The molecule has 27 heavy (non-hydrogen) atoms. The standard InChI is InChI=1S/C22H23NO2S2/c1-4-15(2)18-9-11-19(12-10-18)25-14-17-7-5-16(6-8-17)13-20-21(24)23-22(26-3)27-20/h5-13,15H,4,14H2,1-3H3/b20-13-. The Balaban J connectivity index is 1.57. The highest BCUT2D eigenvalue weighted by Gasteiger charge is 2.20. The maximum atomic E-state index is 11.8. The SMILES string of the molecule is CCC(C)c1ccc(OCc2ccc(/C=C3\SC(SC)=NC3=O)cc2)cc1. The zero-order valence-corrected chi connectivity index (χ0v) is 17.4. The van der Waals surface area contributed by atoms with Gasteiger partial charge in [-0.2, -0.15) is 4.99 Å². The summed E-state index contributed by atoms with van der Waals surface area (Å²) in [6.45, 7) is 4.95. The fourth-order valence-electron chi connectivity index (χ4n) is 2.63. The van der Waals surface area contributed by atoms with Gasteiger partial charge in [0.05, 0.1) is 4.91 Å². The van der Waals surface area contributed by atoms with Gasteiger partial charge in [0.2, 0.25) is 0 Å². The van der Waals surface area contributed by atoms with Crippen molar-refractivity contribution < 1.29 is 9.53 Å². The van der Waals surface area contributed by atoms with Crippen LogP contribution in [0, 0.1) is 0 Å². The molecule has 1 unspecified atom stereocenters. The molecule has 140 valence electrons. The second-order valence-corrected chi connectivity index (χ2v) is 8.49. The first kappa shape index (κ1) is 19.8. The quantitative estimate of drug-likeness (QED) is 0.551. The maximum absolute atomic E-state index is 11.8. The molecule has 0 spiro atoms. The van der Waals surface area contributed by atoms with Gasteiger partial charge in [-0.1, -0.05) is 62.0 Å². The van der Waals surface area contributed by atoms with Gasteiger partial charge in [-0.15, -0.1) is 11.8 Å². The Kier molecular flexibility index (Phi) is 6.80. The van der Waals surface area contributed by atoms with Crippen LogP contribution in [0.1, 0.15) is 42.9 Å². The van der Waals surface area contributed by atoms with Crippen LogP contribution in [0.25, 0.3) is 6.08 Å². The number of carbonyl (C=O) groups excluding carboxylic acids is 1. The van der Waals surface area contributed by atoms with E-state index in [0.717, 1.165) is 27.7 Å². The summed E-state index contributed by atoms with van der Waals surface area (Å²) in [4.78, 5) is 16.5. The first-order valence-electron chi connectivity index (χ1n) is 8.97. The van der Waals surface area contributed by atoms with Crippen LogP contribution in [0.3, 0.4) is 0 Å². The van der Waals surface area contributed by atoms with E-state index in [9.17, 15) is 4.79 Å². The summed E-state index contributed by atoms with van der Waals surface area (Å²) in [5.41, 5.74) is 3.43. The molecule has 5 heteroatoms. The number of aliphatic imine (C=N–C) groups is 1. The maximum Gasteiger partial charge on any atom is 0.285 e. The fraction of sp³-hybridized carbons (Fsp3) is 0.273. The molecule has 0 saturated heterocycles. The number of carbonyl (C=O) groups is 1. The van der Waals surface area contributed by atoms with Crippen LogP contribution in [0.4, 0.5) is 0 Å². The van der Waals surface area contributed by atoms with E-state index in [1.165, 1.54) is 29.1 Å². The molecule has 0 bridgehead atoms. The Morgan fingerprint density at radius 2 is 1.85 bits per heavy atom. The van der Waals surface area contributed by atoms with E-state index in [2.05, 4.69) is 31.0 Å². The topological polar surface area (TPSA) is 38.7 Å². The molecule has 1 aliphatic rings. The molecule has 0 fully saturated rings. The lowest BCUT2D eigenvalue weighted by atomic mass is 9.99. The minimum Gasteiger partial charge on any atom is -0.489 e. The predicted octanol–water partition coefficient (Wildman–Crippen LogP) is 6.11. The first-order chi connectivity index (χ1) is 13.1. The molecule has 0 N–H and O–H groups in total. The molecule has 0 radical (unpaired) electrons. The van der Waals surface area contributed by atoms with Crippen molar-refractivity contribution in [2.75, 3.05) is 6.26 Å². The van der Waals surface area contributed by atoms with Gasteiger partial charge < -0.3 is 4.74 Å². The Morgan fingerprint density at radius 1 is 1.15 bits per heavy atom. The van der Waals surface area contributed by atoms with E-state index >= 15 is 0 Å². The molecule has 1 amide bonds. The zero-order valence-electron chi connectivity index (χ0n) is 15.8. The number of amides is 1. The summed E-state index contributed by atoms with van der Waals surface area (Å²) in [6.07, 6.45) is 4.95. The number of ether oxygens (including phenoxy) is 1. The van der Waals surface area contributed by atoms with Crippen molar-refractivity contribution in [3.63, 3.8) is 0 Å². The Bertz CT molecular complexity index is 855. The number of hydrogen-bond acceptors (Lipinski definition) is 4. The lowest BCUT2D eigenvalue weighted by Crippen LogP contribution is -1.96. The Labute approximate surface area is 169 Å². The van der Waals surface area contributed by atoms with Crippen LogP contribution in [0.15, 0.2) is 58.4 Å². The van der Waals surface area contributed by atoms with E-state index in [4.69, 9.17) is 4.74 Å². The molecule has 1 atom stereocenters. The van der Waals surface area contributed by atoms with Crippen LogP contribution in [-0.4, -0.2) is 16.5 Å². The number of rotatable bonds is 6. The van der Waals surface area contributed by atoms with Crippen molar-refractivity contribution in [3.8, 4) is 5.75 Å². The van der Waals surface area contributed by atoms with E-state index < -0.39 is 0 Å². The lowest BCUT2D eigenvalue weighted by molar-refractivity contribution is -0.113. The fourth-order valence-corrected chi connectivity index (χ4v) is 4.05. The second-order valence-electron chi connectivity index (χ2n) is 6.41. The summed E-state index contributed by atoms with van der Waals surface area (Å²) < 4.78 is 6.69. The Morgan fingerprint density at radius 3 is 2.44 bits per heavy atom. The highest BCUT2D eigenvalue weighted by molar-refractivity contribution is 8.40. The van der Waals surface area contributed by atoms with E-state index in [1.54, 1.807) is 0 Å². The van der Waals surface area contributed by atoms with Gasteiger partial charge in [0.1, 0.15) is 16.7 Å². The van der Waals surface area contributed by atoms with Crippen LogP contribution >= 0.6 is 23.5 Å². The van der Waals surface area contributed by atoms with Gasteiger partial charge in [0.15, 0.2) is 0 Å². The normalized spacial score (nSPS) is 16.5. The molecule has 3 rings (SSSR count). The van der Waals surface area contributed by atoms with Crippen LogP contribution < -0.4 is 4.74 Å².